The van der Waals surface area contributed by atoms with Crippen LogP contribution in [-0.4, -0.2) is 11.7 Å². The van der Waals surface area contributed by atoms with E-state index in [2.05, 4.69) is 11.4 Å². The first-order valence-corrected chi connectivity index (χ1v) is 6.64. The van der Waals surface area contributed by atoms with Gasteiger partial charge in [-0.3, -0.25) is 0 Å². The number of thiophene rings is 1. The molecule has 1 heterocycles. The van der Waals surface area contributed by atoms with E-state index in [1.54, 1.807) is 23.5 Å². The van der Waals surface area contributed by atoms with Crippen LogP contribution in [0.15, 0.2) is 41.1 Å². The number of benzene rings is 1. The molecule has 1 unspecified atom stereocenters. The van der Waals surface area contributed by atoms with Crippen molar-refractivity contribution < 1.29 is 5.11 Å². The summed E-state index contributed by atoms with van der Waals surface area (Å²) in [5, 5.41) is 25.7. The molecule has 0 saturated heterocycles. The molecular weight excluding hydrogens is 244 g/mol. The molecule has 0 aliphatic heterocycles. The monoisotopic (exact) mass is 258 g/mol. The Morgan fingerprint density at radius 3 is 2.67 bits per heavy atom. The van der Waals surface area contributed by atoms with Gasteiger partial charge in [-0.15, -0.1) is 0 Å². The maximum absolute atomic E-state index is 9.87. The van der Waals surface area contributed by atoms with E-state index >= 15 is 0 Å². The van der Waals surface area contributed by atoms with Crippen molar-refractivity contribution in [3.05, 3.63) is 57.8 Å². The van der Waals surface area contributed by atoms with Gasteiger partial charge in [0.05, 0.1) is 17.7 Å². The van der Waals surface area contributed by atoms with Crippen molar-refractivity contribution in [2.75, 3.05) is 6.54 Å². The summed E-state index contributed by atoms with van der Waals surface area (Å²) in [7, 11) is 0. The second-order valence-electron chi connectivity index (χ2n) is 4.01. The Morgan fingerprint density at radius 2 is 2.06 bits per heavy atom. The minimum Gasteiger partial charge on any atom is -0.387 e. The highest BCUT2D eigenvalue weighted by atomic mass is 32.1. The predicted octanol–water partition coefficient (Wildman–Crippen LogP) is 2.44. The first-order chi connectivity index (χ1) is 8.79. The number of nitrogens with one attached hydrogen (secondary N) is 1. The summed E-state index contributed by atoms with van der Waals surface area (Å²) in [6.45, 7) is 1.21. The maximum Gasteiger partial charge on any atom is 0.0991 e. The van der Waals surface area contributed by atoms with Gasteiger partial charge in [0.25, 0.3) is 0 Å². The summed E-state index contributed by atoms with van der Waals surface area (Å²) in [4.78, 5) is 0. The summed E-state index contributed by atoms with van der Waals surface area (Å²) in [5.41, 5.74) is 2.72. The van der Waals surface area contributed by atoms with Crippen LogP contribution in [0.5, 0.6) is 0 Å². The maximum atomic E-state index is 9.87. The molecule has 18 heavy (non-hydrogen) atoms. The molecule has 0 bridgehead atoms. The lowest BCUT2D eigenvalue weighted by atomic mass is 10.1. The van der Waals surface area contributed by atoms with Crippen molar-refractivity contribution in [3.8, 4) is 6.07 Å². The van der Waals surface area contributed by atoms with Crippen LogP contribution in [-0.2, 0) is 6.54 Å². The average Bonchev–Trinajstić information content (AvgIpc) is 2.93. The summed E-state index contributed by atoms with van der Waals surface area (Å²) < 4.78 is 0. The molecule has 2 N–H and O–H groups in total. The van der Waals surface area contributed by atoms with Crippen LogP contribution in [0.3, 0.4) is 0 Å². The van der Waals surface area contributed by atoms with Gasteiger partial charge in [0.1, 0.15) is 0 Å². The van der Waals surface area contributed by atoms with E-state index in [1.165, 1.54) is 0 Å². The predicted molar refractivity (Wildman–Crippen MR) is 72.1 cm³/mol. The van der Waals surface area contributed by atoms with E-state index in [9.17, 15) is 5.11 Å². The fourth-order valence-electron chi connectivity index (χ4n) is 1.63. The minimum absolute atomic E-state index is 0.463. The van der Waals surface area contributed by atoms with Crippen LogP contribution in [0.1, 0.15) is 22.8 Å². The Balaban J connectivity index is 1.80. The first-order valence-electron chi connectivity index (χ1n) is 5.69. The molecule has 92 valence electrons. The topological polar surface area (TPSA) is 56.0 Å². The summed E-state index contributed by atoms with van der Waals surface area (Å²) in [5.74, 6) is 0. The SMILES string of the molecule is N#Cc1ccc(CNCC(O)c2ccsc2)cc1. The normalized spacial score (nSPS) is 12.0. The van der Waals surface area contributed by atoms with E-state index in [4.69, 9.17) is 5.26 Å². The summed E-state index contributed by atoms with van der Waals surface area (Å²) in [6, 6.07) is 11.5. The third-order valence-corrected chi connectivity index (χ3v) is 3.38. The quantitative estimate of drug-likeness (QED) is 0.866. The molecule has 2 aromatic rings. The van der Waals surface area contributed by atoms with Crippen molar-refractivity contribution >= 4 is 11.3 Å². The molecule has 0 amide bonds. The average molecular weight is 258 g/mol. The number of hydrogen-bond acceptors (Lipinski definition) is 4. The van der Waals surface area contributed by atoms with Crippen molar-refractivity contribution in [2.24, 2.45) is 0 Å². The minimum atomic E-state index is -0.463. The number of hydrogen-bond donors (Lipinski definition) is 2. The number of rotatable bonds is 5. The zero-order valence-electron chi connectivity index (χ0n) is 9.84. The fraction of sp³-hybridized carbons (Fsp3) is 0.214. The Hall–Kier alpha value is -1.67. The Morgan fingerprint density at radius 1 is 1.28 bits per heavy atom. The van der Waals surface area contributed by atoms with Crippen molar-refractivity contribution in [1.82, 2.24) is 5.32 Å². The molecule has 0 spiro atoms. The lowest BCUT2D eigenvalue weighted by molar-refractivity contribution is 0.175. The summed E-state index contributed by atoms with van der Waals surface area (Å²) in [6.07, 6.45) is -0.463. The Bertz CT molecular complexity index is 514. The molecule has 3 nitrogen and oxygen atoms in total. The first kappa shape index (κ1) is 12.8. The van der Waals surface area contributed by atoms with Crippen LogP contribution >= 0.6 is 11.3 Å². The molecule has 1 aromatic heterocycles. The molecule has 2 rings (SSSR count). The lowest BCUT2D eigenvalue weighted by Crippen LogP contribution is -2.20. The molecular formula is C14H14N2OS. The van der Waals surface area contributed by atoms with Crippen LogP contribution in [0.4, 0.5) is 0 Å². The highest BCUT2D eigenvalue weighted by Gasteiger charge is 2.06. The largest absolute Gasteiger partial charge is 0.387 e. The number of nitrogens with zero attached hydrogens (tertiary/aromatic N) is 1. The summed E-state index contributed by atoms with van der Waals surface area (Å²) >= 11 is 1.58. The second-order valence-corrected chi connectivity index (χ2v) is 4.79. The van der Waals surface area contributed by atoms with E-state index in [0.29, 0.717) is 18.7 Å². The Labute approximate surface area is 110 Å². The third kappa shape index (κ3) is 3.41. The highest BCUT2D eigenvalue weighted by Crippen LogP contribution is 2.15. The van der Waals surface area contributed by atoms with Gasteiger partial charge in [-0.25, -0.2) is 0 Å². The van der Waals surface area contributed by atoms with Crippen molar-refractivity contribution in [1.29, 1.82) is 5.26 Å². The van der Waals surface area contributed by atoms with Crippen LogP contribution in [0.2, 0.25) is 0 Å². The second kappa shape index (κ2) is 6.31. The third-order valence-electron chi connectivity index (χ3n) is 2.68. The van der Waals surface area contributed by atoms with Gasteiger partial charge in [0.2, 0.25) is 0 Å². The van der Waals surface area contributed by atoms with Gasteiger partial charge in [-0.1, -0.05) is 12.1 Å². The molecule has 0 fully saturated rings. The number of nitriles is 1. The smallest absolute Gasteiger partial charge is 0.0991 e. The lowest BCUT2D eigenvalue weighted by Gasteiger charge is -2.10. The molecule has 0 saturated carbocycles. The Kier molecular flexibility index (Phi) is 4.48. The molecule has 4 heteroatoms. The standard InChI is InChI=1S/C14H14N2OS/c15-7-11-1-3-12(4-2-11)8-16-9-14(17)13-5-6-18-10-13/h1-6,10,14,16-17H,8-9H2. The van der Waals surface area contributed by atoms with E-state index in [0.717, 1.165) is 11.1 Å². The van der Waals surface area contributed by atoms with Crippen LogP contribution < -0.4 is 5.32 Å². The van der Waals surface area contributed by atoms with E-state index < -0.39 is 6.10 Å². The molecule has 1 aromatic carbocycles. The van der Waals surface area contributed by atoms with Crippen molar-refractivity contribution in [2.45, 2.75) is 12.6 Å². The van der Waals surface area contributed by atoms with Gasteiger partial charge in [-0.2, -0.15) is 16.6 Å². The number of aliphatic hydroxyl groups is 1. The fourth-order valence-corrected chi connectivity index (χ4v) is 2.34. The zero-order chi connectivity index (χ0) is 12.8. The van der Waals surface area contributed by atoms with E-state index in [1.807, 2.05) is 29.0 Å². The molecule has 0 radical (unpaired) electrons. The molecule has 0 aliphatic carbocycles. The van der Waals surface area contributed by atoms with Crippen molar-refractivity contribution in [3.63, 3.8) is 0 Å². The molecule has 0 aliphatic rings. The van der Waals surface area contributed by atoms with Gasteiger partial charge < -0.3 is 10.4 Å². The van der Waals surface area contributed by atoms with Crippen LogP contribution in [0.25, 0.3) is 0 Å². The zero-order valence-corrected chi connectivity index (χ0v) is 10.7. The van der Waals surface area contributed by atoms with Gasteiger partial charge in [0, 0.05) is 13.1 Å². The van der Waals surface area contributed by atoms with Gasteiger partial charge >= 0.3 is 0 Å². The van der Waals surface area contributed by atoms with Gasteiger partial charge in [0.15, 0.2) is 0 Å². The molecule has 1 atom stereocenters. The van der Waals surface area contributed by atoms with Gasteiger partial charge in [-0.05, 0) is 40.1 Å². The van der Waals surface area contributed by atoms with Crippen LogP contribution in [0, 0.1) is 11.3 Å². The number of aliphatic hydroxyl groups excluding tert-OH is 1. The highest BCUT2D eigenvalue weighted by molar-refractivity contribution is 7.07. The van der Waals surface area contributed by atoms with E-state index in [-0.39, 0.29) is 0 Å².